The van der Waals surface area contributed by atoms with Crippen LogP contribution in [0, 0.1) is 0 Å². The molecule has 0 spiro atoms. The van der Waals surface area contributed by atoms with Gasteiger partial charge in [0.25, 0.3) is 0 Å². The third-order valence-corrected chi connectivity index (χ3v) is 8.22. The molecule has 0 unspecified atom stereocenters. The number of aromatic nitrogens is 5. The molecule has 0 atom stereocenters. The monoisotopic (exact) mass is 549 g/mol. The van der Waals surface area contributed by atoms with Gasteiger partial charge in [-0.3, -0.25) is 9.38 Å². The van der Waals surface area contributed by atoms with Crippen molar-refractivity contribution in [1.82, 2.24) is 24.3 Å². The van der Waals surface area contributed by atoms with Crippen LogP contribution in [0.1, 0.15) is 0 Å². The van der Waals surface area contributed by atoms with Gasteiger partial charge < -0.3 is 0 Å². The van der Waals surface area contributed by atoms with Crippen LogP contribution >= 0.6 is 0 Å². The molecule has 5 heterocycles. The molecule has 5 heteroatoms. The average Bonchev–Trinajstić information content (AvgIpc) is 3.47. The van der Waals surface area contributed by atoms with Gasteiger partial charge in [0, 0.05) is 45.1 Å². The largest absolute Gasteiger partial charge is 0.284 e. The predicted octanol–water partition coefficient (Wildman–Crippen LogP) is 9.13. The van der Waals surface area contributed by atoms with E-state index < -0.39 is 0 Å². The van der Waals surface area contributed by atoms with Crippen LogP contribution in [0.5, 0.6) is 0 Å². The summed E-state index contributed by atoms with van der Waals surface area (Å²) in [4.78, 5) is 19.8. The molecule has 200 valence electrons. The maximum atomic E-state index is 5.20. The first-order valence-electron chi connectivity index (χ1n) is 14.3. The lowest BCUT2D eigenvalue weighted by Gasteiger charge is -2.11. The quantitative estimate of drug-likeness (QED) is 0.206. The van der Waals surface area contributed by atoms with Crippen molar-refractivity contribution in [1.29, 1.82) is 0 Å². The summed E-state index contributed by atoms with van der Waals surface area (Å²) in [6.07, 6.45) is 3.85. The fourth-order valence-electron chi connectivity index (χ4n) is 6.14. The Labute approximate surface area is 246 Å². The fraction of sp³-hybridized carbons (Fsp3) is 0. The van der Waals surface area contributed by atoms with Gasteiger partial charge in [-0.15, -0.1) is 0 Å². The summed E-state index contributed by atoms with van der Waals surface area (Å²) in [5.74, 6) is 0. The van der Waals surface area contributed by atoms with E-state index in [1.807, 2.05) is 36.7 Å². The standard InChI is InChI=1S/C38H23N5/c1-2-14-31-30(13-1)34(42-38-37(31)41-33-15-3-4-21-43(33)38)29-11-6-9-27(23-29)26-8-5-10-28(22-26)32-19-18-25-17-16-24-12-7-20-39-35(24)36(25)40-32/h1-23H. The van der Waals surface area contributed by atoms with Gasteiger partial charge >= 0.3 is 0 Å². The lowest BCUT2D eigenvalue weighted by Crippen LogP contribution is -1.92. The van der Waals surface area contributed by atoms with Crippen molar-refractivity contribution in [2.45, 2.75) is 0 Å². The highest BCUT2D eigenvalue weighted by Crippen LogP contribution is 2.35. The average molecular weight is 550 g/mol. The molecule has 0 aliphatic rings. The smallest absolute Gasteiger partial charge is 0.165 e. The van der Waals surface area contributed by atoms with Crippen molar-refractivity contribution in [3.63, 3.8) is 0 Å². The summed E-state index contributed by atoms with van der Waals surface area (Å²) in [7, 11) is 0. The van der Waals surface area contributed by atoms with Gasteiger partial charge in [0.05, 0.1) is 22.4 Å². The van der Waals surface area contributed by atoms with Gasteiger partial charge in [0.2, 0.25) is 0 Å². The minimum Gasteiger partial charge on any atom is -0.284 e. The second-order valence-electron chi connectivity index (χ2n) is 10.8. The number of fused-ring (bicyclic) bond motifs is 8. The van der Waals surface area contributed by atoms with E-state index in [0.717, 1.165) is 83.0 Å². The Kier molecular flexibility index (Phi) is 5.13. The molecule has 4 aromatic carbocycles. The molecular formula is C38H23N5. The van der Waals surface area contributed by atoms with Crippen LogP contribution in [0.4, 0.5) is 0 Å². The summed E-state index contributed by atoms with van der Waals surface area (Å²) in [6, 6.07) is 44.1. The molecule has 0 N–H and O–H groups in total. The summed E-state index contributed by atoms with van der Waals surface area (Å²) in [6.45, 7) is 0. The molecule has 43 heavy (non-hydrogen) atoms. The molecule has 0 bridgehead atoms. The molecule has 5 aromatic heterocycles. The highest BCUT2D eigenvalue weighted by molar-refractivity contribution is 6.09. The van der Waals surface area contributed by atoms with E-state index in [1.165, 1.54) is 0 Å². The number of hydrogen-bond acceptors (Lipinski definition) is 4. The van der Waals surface area contributed by atoms with Gasteiger partial charge in [0.15, 0.2) is 5.65 Å². The van der Waals surface area contributed by atoms with E-state index in [4.69, 9.17) is 15.0 Å². The Balaban J connectivity index is 1.18. The predicted molar refractivity (Wildman–Crippen MR) is 175 cm³/mol. The SMILES string of the molecule is c1cc(-c2cccc(-c3nc4c(nc5ccccn54)c4ccccc34)c2)cc(-c2ccc3ccc4cccnc4c3n2)c1. The first kappa shape index (κ1) is 23.7. The van der Waals surface area contributed by atoms with E-state index in [0.29, 0.717) is 0 Å². The minimum atomic E-state index is 0.862. The van der Waals surface area contributed by atoms with E-state index >= 15 is 0 Å². The van der Waals surface area contributed by atoms with E-state index in [1.54, 1.807) is 0 Å². The maximum Gasteiger partial charge on any atom is 0.165 e. The highest BCUT2D eigenvalue weighted by Gasteiger charge is 2.15. The Bertz CT molecular complexity index is 2530. The van der Waals surface area contributed by atoms with Crippen LogP contribution in [-0.4, -0.2) is 24.3 Å². The summed E-state index contributed by atoms with van der Waals surface area (Å²) in [5.41, 5.74) is 10.8. The molecule has 9 rings (SSSR count). The molecular weight excluding hydrogens is 526 g/mol. The van der Waals surface area contributed by atoms with Crippen LogP contribution in [0.3, 0.4) is 0 Å². The lowest BCUT2D eigenvalue weighted by molar-refractivity contribution is 1.19. The summed E-state index contributed by atoms with van der Waals surface area (Å²) >= 11 is 0. The number of hydrogen-bond donors (Lipinski definition) is 0. The summed E-state index contributed by atoms with van der Waals surface area (Å²) < 4.78 is 2.06. The maximum absolute atomic E-state index is 5.20. The minimum absolute atomic E-state index is 0.862. The van der Waals surface area contributed by atoms with Crippen LogP contribution in [-0.2, 0) is 0 Å². The Morgan fingerprint density at radius 3 is 2.07 bits per heavy atom. The number of pyridine rings is 4. The third kappa shape index (κ3) is 3.79. The molecule has 0 saturated carbocycles. The van der Waals surface area contributed by atoms with E-state index in [-0.39, 0.29) is 0 Å². The van der Waals surface area contributed by atoms with Crippen molar-refractivity contribution in [2.75, 3.05) is 0 Å². The van der Waals surface area contributed by atoms with Crippen molar-refractivity contribution >= 4 is 49.4 Å². The molecule has 9 aromatic rings. The van der Waals surface area contributed by atoms with E-state index in [2.05, 4.69) is 113 Å². The second-order valence-corrected chi connectivity index (χ2v) is 10.8. The van der Waals surface area contributed by atoms with Crippen molar-refractivity contribution < 1.29 is 0 Å². The van der Waals surface area contributed by atoms with Gasteiger partial charge in [0.1, 0.15) is 11.2 Å². The van der Waals surface area contributed by atoms with Crippen molar-refractivity contribution in [3.8, 4) is 33.6 Å². The topological polar surface area (TPSA) is 56.0 Å². The zero-order valence-electron chi connectivity index (χ0n) is 23.0. The van der Waals surface area contributed by atoms with Crippen LogP contribution in [0.2, 0.25) is 0 Å². The van der Waals surface area contributed by atoms with Crippen molar-refractivity contribution in [2.24, 2.45) is 0 Å². The molecule has 0 saturated heterocycles. The molecule has 0 aliphatic carbocycles. The normalized spacial score (nSPS) is 11.7. The Morgan fingerprint density at radius 2 is 1.19 bits per heavy atom. The molecule has 0 fully saturated rings. The Morgan fingerprint density at radius 1 is 0.465 bits per heavy atom. The number of rotatable bonds is 3. The number of imidazole rings is 1. The van der Waals surface area contributed by atoms with Gasteiger partial charge in [-0.2, -0.15) is 0 Å². The Hall–Kier alpha value is -5.94. The van der Waals surface area contributed by atoms with Crippen LogP contribution < -0.4 is 0 Å². The summed E-state index contributed by atoms with van der Waals surface area (Å²) in [5, 5.41) is 4.36. The van der Waals surface area contributed by atoms with Gasteiger partial charge in [-0.1, -0.05) is 91.0 Å². The van der Waals surface area contributed by atoms with Crippen molar-refractivity contribution in [3.05, 3.63) is 140 Å². The highest BCUT2D eigenvalue weighted by atomic mass is 15.1. The van der Waals surface area contributed by atoms with Gasteiger partial charge in [-0.05, 0) is 47.5 Å². The number of nitrogens with zero attached hydrogens (tertiary/aromatic N) is 5. The number of benzene rings is 4. The fourth-order valence-corrected chi connectivity index (χ4v) is 6.14. The first-order chi connectivity index (χ1) is 21.3. The molecule has 0 radical (unpaired) electrons. The zero-order valence-corrected chi connectivity index (χ0v) is 23.0. The second kappa shape index (κ2) is 9.29. The third-order valence-electron chi connectivity index (χ3n) is 8.22. The molecule has 0 aliphatic heterocycles. The molecule has 0 amide bonds. The van der Waals surface area contributed by atoms with Crippen LogP contribution in [0.25, 0.3) is 83.0 Å². The molecule has 5 nitrogen and oxygen atoms in total. The first-order valence-corrected chi connectivity index (χ1v) is 14.3. The van der Waals surface area contributed by atoms with Gasteiger partial charge in [-0.25, -0.2) is 15.0 Å². The zero-order chi connectivity index (χ0) is 28.3. The van der Waals surface area contributed by atoms with E-state index in [9.17, 15) is 0 Å². The lowest BCUT2D eigenvalue weighted by atomic mass is 9.97. The van der Waals surface area contributed by atoms with Crippen LogP contribution in [0.15, 0.2) is 140 Å².